The molecule has 0 saturated carbocycles. The van der Waals surface area contributed by atoms with E-state index in [0.717, 1.165) is 19.1 Å². The Bertz CT molecular complexity index is 52.5. The van der Waals surface area contributed by atoms with Crippen molar-refractivity contribution in [3.8, 4) is 0 Å². The van der Waals surface area contributed by atoms with Crippen molar-refractivity contribution in [1.82, 2.24) is 0 Å². The highest BCUT2D eigenvalue weighted by molar-refractivity contribution is 5.50. The van der Waals surface area contributed by atoms with Gasteiger partial charge in [-0.2, -0.15) is 0 Å². The minimum atomic E-state index is 0.218. The minimum Gasteiger partial charge on any atom is -0.396 e. The number of carbonyl (C=O) groups is 1. The number of hydrogen-bond donors (Lipinski definition) is 1. The summed E-state index contributed by atoms with van der Waals surface area (Å²) in [6.45, 7) is 0.218. The quantitative estimate of drug-likeness (QED) is 0.419. The maximum absolute atomic E-state index is 9.67. The van der Waals surface area contributed by atoms with E-state index in [1.54, 1.807) is 0 Å². The third-order valence-corrected chi connectivity index (χ3v) is 0.829. The van der Waals surface area contributed by atoms with Crippen LogP contribution in [0.4, 0.5) is 0 Å². The van der Waals surface area contributed by atoms with Gasteiger partial charge in [0.25, 0.3) is 0 Å². The molecule has 2 heteroatoms. The second-order valence-electron chi connectivity index (χ2n) is 1.56. The monoisotopic (exact) mass is 115 g/mol. The van der Waals surface area contributed by atoms with Crippen LogP contribution in [0.5, 0.6) is 0 Å². The smallest absolute Gasteiger partial charge is 0.120 e. The van der Waals surface area contributed by atoms with Crippen LogP contribution in [0.1, 0.15) is 19.3 Å². The second kappa shape index (κ2) is 6.63. The first-order valence-corrected chi connectivity index (χ1v) is 2.78. The SMILES string of the molecule is O=CC[CH]CCCO. The Morgan fingerprint density at radius 1 is 1.50 bits per heavy atom. The standard InChI is InChI=1S/C6H11O2/c7-5-3-1-2-4-6-8/h1,5,8H,2-4,6H2. The normalized spacial score (nSPS) is 9.12. The summed E-state index contributed by atoms with van der Waals surface area (Å²) < 4.78 is 0. The van der Waals surface area contributed by atoms with E-state index < -0.39 is 0 Å². The average Bonchev–Trinajstić information content (AvgIpc) is 1.81. The molecule has 0 aliphatic heterocycles. The van der Waals surface area contributed by atoms with Crippen LogP contribution < -0.4 is 0 Å². The molecule has 0 bridgehead atoms. The Balaban J connectivity index is 2.62. The largest absolute Gasteiger partial charge is 0.396 e. The van der Waals surface area contributed by atoms with E-state index in [2.05, 4.69) is 0 Å². The highest BCUT2D eigenvalue weighted by Gasteiger charge is 1.84. The fourth-order valence-corrected chi connectivity index (χ4v) is 0.422. The summed E-state index contributed by atoms with van der Waals surface area (Å²) in [5.41, 5.74) is 0. The summed E-state index contributed by atoms with van der Waals surface area (Å²) >= 11 is 0. The average molecular weight is 115 g/mol. The van der Waals surface area contributed by atoms with E-state index in [-0.39, 0.29) is 6.61 Å². The maximum atomic E-state index is 9.67. The fourth-order valence-electron chi connectivity index (χ4n) is 0.422. The summed E-state index contributed by atoms with van der Waals surface area (Å²) in [5.74, 6) is 0. The van der Waals surface area contributed by atoms with Crippen molar-refractivity contribution in [2.24, 2.45) is 0 Å². The summed E-state index contributed by atoms with van der Waals surface area (Å²) in [4.78, 5) is 9.67. The summed E-state index contributed by atoms with van der Waals surface area (Å²) in [6, 6.07) is 0. The van der Waals surface area contributed by atoms with Crippen LogP contribution in [-0.4, -0.2) is 18.0 Å². The lowest BCUT2D eigenvalue weighted by atomic mass is 10.2. The molecule has 0 spiro atoms. The van der Waals surface area contributed by atoms with Gasteiger partial charge in [-0.1, -0.05) is 0 Å². The molecule has 2 nitrogen and oxygen atoms in total. The van der Waals surface area contributed by atoms with Crippen LogP contribution in [0.2, 0.25) is 0 Å². The van der Waals surface area contributed by atoms with E-state index in [9.17, 15) is 4.79 Å². The minimum absolute atomic E-state index is 0.218. The molecule has 0 aliphatic carbocycles. The van der Waals surface area contributed by atoms with Gasteiger partial charge in [-0.3, -0.25) is 0 Å². The molecule has 0 aromatic heterocycles. The number of unbranched alkanes of at least 4 members (excludes halogenated alkanes) is 3. The third kappa shape index (κ3) is 5.63. The van der Waals surface area contributed by atoms with Gasteiger partial charge in [0.1, 0.15) is 6.29 Å². The van der Waals surface area contributed by atoms with E-state index in [1.807, 2.05) is 6.42 Å². The third-order valence-electron chi connectivity index (χ3n) is 0.829. The second-order valence-corrected chi connectivity index (χ2v) is 1.56. The summed E-state index contributed by atoms with van der Waals surface area (Å²) in [7, 11) is 0. The number of rotatable bonds is 5. The van der Waals surface area contributed by atoms with Crippen LogP contribution in [0, 0.1) is 6.42 Å². The first-order chi connectivity index (χ1) is 3.91. The van der Waals surface area contributed by atoms with Crippen LogP contribution in [-0.2, 0) is 4.79 Å². The Morgan fingerprint density at radius 2 is 2.25 bits per heavy atom. The molecule has 8 heavy (non-hydrogen) atoms. The number of carbonyl (C=O) groups excluding carboxylic acids is 1. The number of hydrogen-bond acceptors (Lipinski definition) is 2. The van der Waals surface area contributed by atoms with Gasteiger partial charge in [0.2, 0.25) is 0 Å². The fraction of sp³-hybridized carbons (Fsp3) is 0.667. The first-order valence-electron chi connectivity index (χ1n) is 2.78. The lowest BCUT2D eigenvalue weighted by Crippen LogP contribution is -1.83. The molecule has 0 atom stereocenters. The molecule has 0 unspecified atom stereocenters. The topological polar surface area (TPSA) is 37.3 Å². The van der Waals surface area contributed by atoms with E-state index in [1.165, 1.54) is 0 Å². The predicted molar refractivity (Wildman–Crippen MR) is 31.3 cm³/mol. The van der Waals surface area contributed by atoms with Gasteiger partial charge in [0, 0.05) is 13.0 Å². The van der Waals surface area contributed by atoms with Crippen LogP contribution >= 0.6 is 0 Å². The molecular weight excluding hydrogens is 104 g/mol. The van der Waals surface area contributed by atoms with Crippen molar-refractivity contribution < 1.29 is 9.90 Å². The van der Waals surface area contributed by atoms with Gasteiger partial charge in [0.15, 0.2) is 0 Å². The molecule has 0 aliphatic rings. The molecule has 0 aromatic rings. The zero-order valence-electron chi connectivity index (χ0n) is 4.84. The molecule has 1 radical (unpaired) electrons. The number of aliphatic hydroxyl groups is 1. The molecular formula is C6H11O2. The lowest BCUT2D eigenvalue weighted by molar-refractivity contribution is -0.107. The number of aldehydes is 1. The summed E-state index contributed by atoms with van der Waals surface area (Å²) in [5, 5.41) is 8.26. The molecule has 0 rings (SSSR count). The van der Waals surface area contributed by atoms with Crippen LogP contribution in [0.15, 0.2) is 0 Å². The zero-order chi connectivity index (χ0) is 6.24. The summed E-state index contributed by atoms with van der Waals surface area (Å²) in [6.07, 6.45) is 4.85. The van der Waals surface area contributed by atoms with Gasteiger partial charge in [-0.25, -0.2) is 0 Å². The highest BCUT2D eigenvalue weighted by Crippen LogP contribution is 1.93. The van der Waals surface area contributed by atoms with Crippen molar-refractivity contribution in [3.05, 3.63) is 6.42 Å². The number of aliphatic hydroxyl groups excluding tert-OH is 1. The van der Waals surface area contributed by atoms with Crippen molar-refractivity contribution in [1.29, 1.82) is 0 Å². The van der Waals surface area contributed by atoms with Crippen molar-refractivity contribution in [2.45, 2.75) is 19.3 Å². The predicted octanol–water partition coefficient (Wildman–Crippen LogP) is 0.552. The molecule has 0 amide bonds. The van der Waals surface area contributed by atoms with Crippen molar-refractivity contribution in [3.63, 3.8) is 0 Å². The highest BCUT2D eigenvalue weighted by atomic mass is 16.2. The van der Waals surface area contributed by atoms with Gasteiger partial charge in [-0.05, 0) is 19.3 Å². The molecule has 0 aromatic carbocycles. The van der Waals surface area contributed by atoms with Crippen molar-refractivity contribution >= 4 is 6.29 Å². The molecule has 0 heterocycles. The molecule has 47 valence electrons. The van der Waals surface area contributed by atoms with Crippen LogP contribution in [0.25, 0.3) is 0 Å². The maximum Gasteiger partial charge on any atom is 0.120 e. The van der Waals surface area contributed by atoms with Gasteiger partial charge in [0.05, 0.1) is 0 Å². The van der Waals surface area contributed by atoms with E-state index in [4.69, 9.17) is 5.11 Å². The zero-order valence-corrected chi connectivity index (χ0v) is 4.84. The Kier molecular flexibility index (Phi) is 6.32. The van der Waals surface area contributed by atoms with Gasteiger partial charge < -0.3 is 9.90 Å². The van der Waals surface area contributed by atoms with Crippen LogP contribution in [0.3, 0.4) is 0 Å². The lowest BCUT2D eigenvalue weighted by Gasteiger charge is -1.89. The van der Waals surface area contributed by atoms with Gasteiger partial charge >= 0.3 is 0 Å². The van der Waals surface area contributed by atoms with Gasteiger partial charge in [-0.15, -0.1) is 0 Å². The Hall–Kier alpha value is -0.370. The Labute approximate surface area is 49.5 Å². The Morgan fingerprint density at radius 3 is 2.75 bits per heavy atom. The molecule has 1 N–H and O–H groups in total. The molecule has 0 fully saturated rings. The van der Waals surface area contributed by atoms with Crippen molar-refractivity contribution in [2.75, 3.05) is 6.61 Å². The van der Waals surface area contributed by atoms with E-state index >= 15 is 0 Å². The van der Waals surface area contributed by atoms with E-state index in [0.29, 0.717) is 6.42 Å². The molecule has 0 saturated heterocycles. The first kappa shape index (κ1) is 7.63.